The van der Waals surface area contributed by atoms with Crippen LogP contribution in [0.2, 0.25) is 0 Å². The van der Waals surface area contributed by atoms with Gasteiger partial charge in [-0.05, 0) is 31.5 Å². The average molecular weight is 335 g/mol. The Morgan fingerprint density at radius 3 is 2.33 bits per heavy atom. The fraction of sp³-hybridized carbons (Fsp3) is 0.714. The van der Waals surface area contributed by atoms with E-state index in [2.05, 4.69) is 42.7 Å². The van der Waals surface area contributed by atoms with E-state index in [1.807, 2.05) is 6.07 Å². The molecular weight excluding hydrogens is 296 g/mol. The molecule has 2 N–H and O–H groups in total. The minimum absolute atomic E-state index is 0.822. The van der Waals surface area contributed by atoms with E-state index < -0.39 is 0 Å². The molecule has 0 saturated heterocycles. The summed E-state index contributed by atoms with van der Waals surface area (Å²) in [4.78, 5) is 0. The number of hydrogen-bond donors (Lipinski definition) is 2. The maximum atomic E-state index is 5.83. The van der Waals surface area contributed by atoms with Crippen LogP contribution in [-0.2, 0) is 0 Å². The van der Waals surface area contributed by atoms with Gasteiger partial charge >= 0.3 is 0 Å². The first-order valence-electron chi connectivity index (χ1n) is 10.0. The molecule has 24 heavy (non-hydrogen) atoms. The Balaban J connectivity index is 2.05. The summed E-state index contributed by atoms with van der Waals surface area (Å²) in [7, 11) is 0. The molecule has 138 valence electrons. The highest BCUT2D eigenvalue weighted by molar-refractivity contribution is 5.48. The highest BCUT2D eigenvalue weighted by Gasteiger charge is 1.97. The van der Waals surface area contributed by atoms with Crippen molar-refractivity contribution in [2.45, 2.75) is 71.6 Å². The molecule has 0 atom stereocenters. The van der Waals surface area contributed by atoms with Gasteiger partial charge in [0.2, 0.25) is 0 Å². The zero-order chi connectivity index (χ0) is 17.3. The first-order chi connectivity index (χ1) is 11.9. The highest BCUT2D eigenvalue weighted by atomic mass is 16.5. The Morgan fingerprint density at radius 1 is 0.792 bits per heavy atom. The third-order valence-electron chi connectivity index (χ3n) is 4.19. The number of hydrogen-bond acceptors (Lipinski definition) is 3. The summed E-state index contributed by atoms with van der Waals surface area (Å²) in [5, 5.41) is 6.97. The molecule has 0 fully saturated rings. The van der Waals surface area contributed by atoms with Crippen LogP contribution in [0.5, 0.6) is 5.75 Å². The maximum Gasteiger partial charge on any atom is 0.121 e. The van der Waals surface area contributed by atoms with Gasteiger partial charge in [-0.25, -0.2) is 0 Å². The Hall–Kier alpha value is -1.22. The molecule has 0 amide bonds. The lowest BCUT2D eigenvalue weighted by Crippen LogP contribution is -2.23. The molecule has 0 aromatic heterocycles. The van der Waals surface area contributed by atoms with E-state index in [-0.39, 0.29) is 0 Å². The lowest BCUT2D eigenvalue weighted by molar-refractivity contribution is 0.305. The van der Waals surface area contributed by atoms with Crippen LogP contribution in [0.25, 0.3) is 0 Å². The van der Waals surface area contributed by atoms with Crippen LogP contribution in [0.1, 0.15) is 71.6 Å². The van der Waals surface area contributed by atoms with Crippen LogP contribution in [0, 0.1) is 0 Å². The van der Waals surface area contributed by atoms with Crippen LogP contribution in [0.3, 0.4) is 0 Å². The second kappa shape index (κ2) is 15.3. The molecule has 1 rings (SSSR count). The van der Waals surface area contributed by atoms with Gasteiger partial charge in [0.05, 0.1) is 6.61 Å². The van der Waals surface area contributed by atoms with Crippen LogP contribution >= 0.6 is 0 Å². The summed E-state index contributed by atoms with van der Waals surface area (Å²) in [6.45, 7) is 8.41. The van der Waals surface area contributed by atoms with E-state index in [9.17, 15) is 0 Å². The van der Waals surface area contributed by atoms with Gasteiger partial charge in [-0.1, -0.05) is 64.9 Å². The quantitative estimate of drug-likeness (QED) is 0.385. The van der Waals surface area contributed by atoms with Gasteiger partial charge in [0.25, 0.3) is 0 Å². The van der Waals surface area contributed by atoms with E-state index in [0.29, 0.717) is 0 Å². The van der Waals surface area contributed by atoms with Gasteiger partial charge in [-0.3, -0.25) is 0 Å². The Labute approximate surface area is 149 Å². The molecule has 0 aliphatic rings. The molecule has 0 radical (unpaired) electrons. The third-order valence-corrected chi connectivity index (χ3v) is 4.19. The van der Waals surface area contributed by atoms with Gasteiger partial charge in [0.15, 0.2) is 0 Å². The molecule has 0 spiro atoms. The predicted octanol–water partition coefficient (Wildman–Crippen LogP) is 5.62. The van der Waals surface area contributed by atoms with E-state index >= 15 is 0 Å². The third kappa shape index (κ3) is 11.3. The summed E-state index contributed by atoms with van der Waals surface area (Å²) < 4.78 is 5.83. The molecule has 0 bridgehead atoms. The zero-order valence-electron chi connectivity index (χ0n) is 15.9. The molecule has 0 saturated carbocycles. The second-order valence-corrected chi connectivity index (χ2v) is 6.53. The molecular formula is C21H38N2O. The maximum absolute atomic E-state index is 5.83. The summed E-state index contributed by atoms with van der Waals surface area (Å²) in [5.74, 6) is 0.973. The van der Waals surface area contributed by atoms with E-state index in [0.717, 1.165) is 44.1 Å². The summed E-state index contributed by atoms with van der Waals surface area (Å²) in [6, 6.07) is 8.31. The Morgan fingerprint density at radius 2 is 1.54 bits per heavy atom. The van der Waals surface area contributed by atoms with Crippen molar-refractivity contribution in [3.05, 3.63) is 24.3 Å². The largest absolute Gasteiger partial charge is 0.494 e. The molecule has 1 aromatic carbocycles. The fourth-order valence-electron chi connectivity index (χ4n) is 2.69. The number of anilines is 1. The second-order valence-electron chi connectivity index (χ2n) is 6.53. The lowest BCUT2D eigenvalue weighted by Gasteiger charge is -2.10. The van der Waals surface area contributed by atoms with Gasteiger partial charge in [0, 0.05) is 24.8 Å². The van der Waals surface area contributed by atoms with Crippen molar-refractivity contribution < 1.29 is 4.74 Å². The predicted molar refractivity (Wildman–Crippen MR) is 106 cm³/mol. The van der Waals surface area contributed by atoms with Crippen molar-refractivity contribution in [1.29, 1.82) is 0 Å². The van der Waals surface area contributed by atoms with Crippen LogP contribution in [0.4, 0.5) is 5.69 Å². The molecule has 0 aliphatic heterocycles. The van der Waals surface area contributed by atoms with E-state index in [1.54, 1.807) is 0 Å². The minimum Gasteiger partial charge on any atom is -0.494 e. The fourth-order valence-corrected chi connectivity index (χ4v) is 2.69. The zero-order valence-corrected chi connectivity index (χ0v) is 15.9. The normalized spacial score (nSPS) is 10.8. The first-order valence-corrected chi connectivity index (χ1v) is 10.0. The first kappa shape index (κ1) is 20.8. The number of ether oxygens (including phenoxy) is 1. The van der Waals surface area contributed by atoms with Gasteiger partial charge in [-0.2, -0.15) is 0 Å². The summed E-state index contributed by atoms with van der Waals surface area (Å²) in [5.41, 5.74) is 1.14. The Bertz CT molecular complexity index is 395. The van der Waals surface area contributed by atoms with Crippen molar-refractivity contribution in [2.24, 2.45) is 0 Å². The highest BCUT2D eigenvalue weighted by Crippen LogP contribution is 2.17. The van der Waals surface area contributed by atoms with E-state index in [4.69, 9.17) is 4.74 Å². The number of rotatable bonds is 16. The van der Waals surface area contributed by atoms with Crippen LogP contribution in [-0.4, -0.2) is 26.2 Å². The van der Waals surface area contributed by atoms with Gasteiger partial charge in [-0.15, -0.1) is 0 Å². The molecule has 0 aliphatic carbocycles. The molecule has 3 heteroatoms. The number of nitrogens with one attached hydrogen (secondary N) is 2. The smallest absolute Gasteiger partial charge is 0.121 e. The lowest BCUT2D eigenvalue weighted by atomic mass is 10.1. The van der Waals surface area contributed by atoms with E-state index in [1.165, 1.54) is 51.4 Å². The molecule has 0 heterocycles. The Kier molecular flexibility index (Phi) is 13.3. The van der Waals surface area contributed by atoms with Gasteiger partial charge in [0.1, 0.15) is 5.75 Å². The van der Waals surface area contributed by atoms with Crippen molar-refractivity contribution in [3.63, 3.8) is 0 Å². The standard InChI is InChI=1S/C21H38N2O/c1-3-5-7-9-10-15-22-16-17-23-20-13-12-14-21(19-20)24-18-11-8-6-4-2/h12-14,19,22-23H,3-11,15-18H2,1-2H3. The molecule has 0 unspecified atom stereocenters. The van der Waals surface area contributed by atoms with Crippen molar-refractivity contribution in [2.75, 3.05) is 31.6 Å². The summed E-state index contributed by atoms with van der Waals surface area (Å²) >= 11 is 0. The number of unbranched alkanes of at least 4 members (excludes halogenated alkanes) is 7. The van der Waals surface area contributed by atoms with Crippen LogP contribution < -0.4 is 15.4 Å². The van der Waals surface area contributed by atoms with Gasteiger partial charge < -0.3 is 15.4 Å². The SMILES string of the molecule is CCCCCCCNCCNc1cccc(OCCCCCC)c1. The van der Waals surface area contributed by atoms with Crippen LogP contribution in [0.15, 0.2) is 24.3 Å². The number of benzene rings is 1. The summed E-state index contributed by atoms with van der Waals surface area (Å²) in [6.07, 6.45) is 11.7. The molecule has 1 aromatic rings. The monoisotopic (exact) mass is 334 g/mol. The van der Waals surface area contributed by atoms with Crippen molar-refractivity contribution in [3.8, 4) is 5.75 Å². The minimum atomic E-state index is 0.822. The van der Waals surface area contributed by atoms with Crippen molar-refractivity contribution >= 4 is 5.69 Å². The van der Waals surface area contributed by atoms with Crippen molar-refractivity contribution in [1.82, 2.24) is 5.32 Å². The topological polar surface area (TPSA) is 33.3 Å². The molecule has 3 nitrogen and oxygen atoms in total. The average Bonchev–Trinajstić information content (AvgIpc) is 2.60.